The number of guanidine groups is 1. The fourth-order valence-electron chi connectivity index (χ4n) is 2.64. The Morgan fingerprint density at radius 1 is 1.22 bits per heavy atom. The highest BCUT2D eigenvalue weighted by molar-refractivity contribution is 14.0. The number of nitrogens with two attached hydrogens (primary N) is 1. The lowest BCUT2D eigenvalue weighted by Crippen LogP contribution is -2.40. The van der Waals surface area contributed by atoms with Crippen molar-refractivity contribution in [1.29, 1.82) is 0 Å². The Kier molecular flexibility index (Phi) is 14.7. The largest absolute Gasteiger partial charge is 0.484 e. The molecule has 1 aromatic rings. The predicted molar refractivity (Wildman–Crippen MR) is 123 cm³/mol. The zero-order valence-corrected chi connectivity index (χ0v) is 19.1. The summed E-state index contributed by atoms with van der Waals surface area (Å²) in [5, 5.41) is 6.78. The second kappa shape index (κ2) is 15.5. The lowest BCUT2D eigenvalue weighted by atomic mass is 9.99. The molecule has 27 heavy (non-hydrogen) atoms. The maximum absolute atomic E-state index is 10.7. The third-order valence-electron chi connectivity index (χ3n) is 4.34. The average molecular weight is 490 g/mol. The van der Waals surface area contributed by atoms with Gasteiger partial charge in [0.15, 0.2) is 12.6 Å². The number of rotatable bonds is 12. The van der Waals surface area contributed by atoms with Gasteiger partial charge in [-0.25, -0.2) is 0 Å². The number of nitrogens with one attached hydrogen (secondary N) is 2. The standard InChI is InChI=1S/C20H34N4O2.HI/c1-4-6-7-16(5-2)14-24-20(22-3)23-13-12-17-8-10-18(11-9-17)26-15-19(21)25;/h8-11,16H,4-7,12-15H2,1-3H3,(H2,21,25)(H2,22,23,24);1H. The van der Waals surface area contributed by atoms with Crippen LogP contribution in [-0.4, -0.2) is 38.6 Å². The van der Waals surface area contributed by atoms with Crippen LogP contribution in [0.25, 0.3) is 0 Å². The van der Waals surface area contributed by atoms with E-state index in [1.54, 1.807) is 7.05 Å². The van der Waals surface area contributed by atoms with Crippen LogP contribution in [0.1, 0.15) is 45.1 Å². The number of nitrogens with zero attached hydrogens (tertiary/aromatic N) is 1. The summed E-state index contributed by atoms with van der Waals surface area (Å²) in [5.74, 6) is 1.72. The van der Waals surface area contributed by atoms with Gasteiger partial charge in [-0.1, -0.05) is 45.2 Å². The van der Waals surface area contributed by atoms with E-state index in [1.807, 2.05) is 24.3 Å². The summed E-state index contributed by atoms with van der Waals surface area (Å²) in [6, 6.07) is 7.69. The zero-order chi connectivity index (χ0) is 19.2. The number of carbonyl (C=O) groups excluding carboxylic acids is 1. The Morgan fingerprint density at radius 2 is 1.93 bits per heavy atom. The van der Waals surface area contributed by atoms with Crippen LogP contribution >= 0.6 is 24.0 Å². The number of hydrogen-bond donors (Lipinski definition) is 3. The van der Waals surface area contributed by atoms with E-state index < -0.39 is 5.91 Å². The van der Waals surface area contributed by atoms with Crippen molar-refractivity contribution in [2.24, 2.45) is 16.6 Å². The van der Waals surface area contributed by atoms with Gasteiger partial charge in [-0.15, -0.1) is 24.0 Å². The number of benzene rings is 1. The molecule has 0 heterocycles. The van der Waals surface area contributed by atoms with Crippen LogP contribution in [0.3, 0.4) is 0 Å². The molecule has 0 bridgehead atoms. The van der Waals surface area contributed by atoms with E-state index in [2.05, 4.69) is 29.5 Å². The van der Waals surface area contributed by atoms with E-state index in [0.717, 1.165) is 25.5 Å². The molecule has 0 saturated heterocycles. The van der Waals surface area contributed by atoms with Crippen molar-refractivity contribution >= 4 is 35.8 Å². The van der Waals surface area contributed by atoms with Crippen molar-refractivity contribution in [2.75, 3.05) is 26.7 Å². The molecule has 1 rings (SSSR count). The molecule has 1 amide bonds. The Bertz CT molecular complexity index is 549. The van der Waals surface area contributed by atoms with Gasteiger partial charge in [0.05, 0.1) is 0 Å². The smallest absolute Gasteiger partial charge is 0.255 e. The molecule has 6 nitrogen and oxygen atoms in total. The van der Waals surface area contributed by atoms with Crippen LogP contribution in [0, 0.1) is 5.92 Å². The zero-order valence-electron chi connectivity index (χ0n) is 16.8. The van der Waals surface area contributed by atoms with Crippen molar-refractivity contribution < 1.29 is 9.53 Å². The fraction of sp³-hybridized carbons (Fsp3) is 0.600. The van der Waals surface area contributed by atoms with Gasteiger partial charge >= 0.3 is 0 Å². The molecule has 0 fully saturated rings. The number of hydrogen-bond acceptors (Lipinski definition) is 3. The van der Waals surface area contributed by atoms with E-state index in [9.17, 15) is 4.79 Å². The first-order valence-electron chi connectivity index (χ1n) is 9.53. The topological polar surface area (TPSA) is 88.7 Å². The summed E-state index contributed by atoms with van der Waals surface area (Å²) in [4.78, 5) is 15.0. The molecular formula is C20H35IN4O2. The lowest BCUT2D eigenvalue weighted by Gasteiger charge is -2.18. The summed E-state index contributed by atoms with van der Waals surface area (Å²) in [6.45, 7) is 6.14. The highest BCUT2D eigenvalue weighted by Gasteiger charge is 2.07. The van der Waals surface area contributed by atoms with Gasteiger partial charge in [0.1, 0.15) is 5.75 Å². The number of primary amides is 1. The van der Waals surface area contributed by atoms with Crippen molar-refractivity contribution in [1.82, 2.24) is 10.6 Å². The van der Waals surface area contributed by atoms with Gasteiger partial charge in [0.25, 0.3) is 5.91 Å². The number of carbonyl (C=O) groups is 1. The molecule has 0 aromatic heterocycles. The second-order valence-electron chi connectivity index (χ2n) is 6.45. The van der Waals surface area contributed by atoms with Crippen molar-refractivity contribution in [2.45, 2.75) is 46.0 Å². The van der Waals surface area contributed by atoms with Gasteiger partial charge in [0.2, 0.25) is 0 Å². The normalized spacial score (nSPS) is 12.0. The quantitative estimate of drug-likeness (QED) is 0.239. The minimum Gasteiger partial charge on any atom is -0.484 e. The summed E-state index contributed by atoms with van der Waals surface area (Å²) >= 11 is 0. The minimum absolute atomic E-state index is 0. The van der Waals surface area contributed by atoms with Crippen LogP contribution in [0.2, 0.25) is 0 Å². The number of halogens is 1. The summed E-state index contributed by atoms with van der Waals surface area (Å²) in [6.07, 6.45) is 5.86. The van der Waals surface area contributed by atoms with Crippen LogP contribution in [0.5, 0.6) is 5.75 Å². The van der Waals surface area contributed by atoms with Crippen LogP contribution in [-0.2, 0) is 11.2 Å². The molecule has 0 spiro atoms. The van der Waals surface area contributed by atoms with Crippen LogP contribution < -0.4 is 21.1 Å². The monoisotopic (exact) mass is 490 g/mol. The summed E-state index contributed by atoms with van der Waals surface area (Å²) in [5.41, 5.74) is 6.25. The SMILES string of the molecule is CCCCC(CC)CNC(=NC)NCCc1ccc(OCC(N)=O)cc1.I. The fourth-order valence-corrected chi connectivity index (χ4v) is 2.64. The highest BCUT2D eigenvalue weighted by atomic mass is 127. The molecular weight excluding hydrogens is 455 g/mol. The van der Waals surface area contributed by atoms with E-state index in [4.69, 9.17) is 10.5 Å². The third-order valence-corrected chi connectivity index (χ3v) is 4.34. The maximum Gasteiger partial charge on any atom is 0.255 e. The van der Waals surface area contributed by atoms with Crippen molar-refractivity contribution in [3.63, 3.8) is 0 Å². The first kappa shape index (κ1) is 25.5. The molecule has 154 valence electrons. The van der Waals surface area contributed by atoms with Crippen molar-refractivity contribution in [3.8, 4) is 5.75 Å². The Hall–Kier alpha value is -1.51. The number of aliphatic imine (C=N–C) groups is 1. The maximum atomic E-state index is 10.7. The van der Waals surface area contributed by atoms with E-state index in [1.165, 1.54) is 31.2 Å². The third kappa shape index (κ3) is 11.7. The Morgan fingerprint density at radius 3 is 2.48 bits per heavy atom. The molecule has 1 unspecified atom stereocenters. The molecule has 0 saturated carbocycles. The average Bonchev–Trinajstić information content (AvgIpc) is 2.65. The Labute approximate surface area is 180 Å². The first-order valence-corrected chi connectivity index (χ1v) is 9.53. The molecule has 7 heteroatoms. The molecule has 0 aliphatic rings. The molecule has 1 atom stereocenters. The number of ether oxygens (including phenoxy) is 1. The highest BCUT2D eigenvalue weighted by Crippen LogP contribution is 2.12. The Balaban J connectivity index is 0.00000676. The summed E-state index contributed by atoms with van der Waals surface area (Å²) in [7, 11) is 1.80. The molecule has 0 aliphatic carbocycles. The predicted octanol–water partition coefficient (Wildman–Crippen LogP) is 3.09. The van der Waals surface area contributed by atoms with Crippen LogP contribution in [0.15, 0.2) is 29.3 Å². The minimum atomic E-state index is -0.475. The van der Waals surface area contributed by atoms with Gasteiger partial charge in [-0.05, 0) is 36.5 Å². The molecule has 0 aliphatic heterocycles. The summed E-state index contributed by atoms with van der Waals surface area (Å²) < 4.78 is 5.26. The van der Waals surface area contributed by atoms with E-state index >= 15 is 0 Å². The molecule has 4 N–H and O–H groups in total. The number of amides is 1. The van der Waals surface area contributed by atoms with Gasteiger partial charge < -0.3 is 21.1 Å². The first-order chi connectivity index (χ1) is 12.6. The van der Waals surface area contributed by atoms with E-state index in [-0.39, 0.29) is 30.6 Å². The van der Waals surface area contributed by atoms with Gasteiger partial charge in [0, 0.05) is 20.1 Å². The van der Waals surface area contributed by atoms with Gasteiger partial charge in [-0.2, -0.15) is 0 Å². The molecule has 1 aromatic carbocycles. The van der Waals surface area contributed by atoms with E-state index in [0.29, 0.717) is 11.7 Å². The van der Waals surface area contributed by atoms with Gasteiger partial charge in [-0.3, -0.25) is 9.79 Å². The van der Waals surface area contributed by atoms with Crippen LogP contribution in [0.4, 0.5) is 0 Å². The lowest BCUT2D eigenvalue weighted by molar-refractivity contribution is -0.119. The molecule has 0 radical (unpaired) electrons. The number of unbranched alkanes of at least 4 members (excludes halogenated alkanes) is 1. The van der Waals surface area contributed by atoms with Crippen molar-refractivity contribution in [3.05, 3.63) is 29.8 Å². The second-order valence-corrected chi connectivity index (χ2v) is 6.45.